The van der Waals surface area contributed by atoms with Crippen LogP contribution in [0.1, 0.15) is 17.2 Å². The number of nitrogens with zero attached hydrogens (tertiary/aromatic N) is 1. The minimum absolute atomic E-state index is 0.0310. The van der Waals surface area contributed by atoms with Gasteiger partial charge in [0.2, 0.25) is 5.91 Å². The molecule has 0 fully saturated rings. The maximum absolute atomic E-state index is 12.1. The Kier molecular flexibility index (Phi) is 5.32. The van der Waals surface area contributed by atoms with E-state index in [-0.39, 0.29) is 18.6 Å². The molecule has 2 aromatic carbocycles. The molecule has 0 saturated heterocycles. The lowest BCUT2D eigenvalue weighted by atomic mass is 10.0. The molecule has 0 aliphatic carbocycles. The molecular formula is C20H18N2O2. The van der Waals surface area contributed by atoms with Gasteiger partial charge in [0.15, 0.2) is 0 Å². The van der Waals surface area contributed by atoms with Crippen molar-refractivity contribution in [3.8, 4) is 0 Å². The highest BCUT2D eigenvalue weighted by Crippen LogP contribution is 2.25. The summed E-state index contributed by atoms with van der Waals surface area (Å²) in [5.41, 5.74) is 2.73. The van der Waals surface area contributed by atoms with Gasteiger partial charge in [-0.3, -0.25) is 9.78 Å². The van der Waals surface area contributed by atoms with Crippen molar-refractivity contribution >= 4 is 11.6 Å². The Balaban J connectivity index is 1.70. The normalized spacial score (nSPS) is 10.5. The molecule has 24 heavy (non-hydrogen) atoms. The van der Waals surface area contributed by atoms with Gasteiger partial charge < -0.3 is 10.1 Å². The SMILES string of the molecule is O=C(COC(c1ccccc1)c1ccccc1)Nc1ccncc1. The van der Waals surface area contributed by atoms with Gasteiger partial charge in [0.25, 0.3) is 0 Å². The second-order valence-corrected chi connectivity index (χ2v) is 5.30. The van der Waals surface area contributed by atoms with E-state index in [2.05, 4.69) is 10.3 Å². The molecule has 0 unspecified atom stereocenters. The van der Waals surface area contributed by atoms with Gasteiger partial charge in [0, 0.05) is 18.1 Å². The molecule has 0 bridgehead atoms. The van der Waals surface area contributed by atoms with Crippen molar-refractivity contribution in [3.63, 3.8) is 0 Å². The van der Waals surface area contributed by atoms with Crippen molar-refractivity contribution in [1.82, 2.24) is 4.98 Å². The fraction of sp³-hybridized carbons (Fsp3) is 0.100. The van der Waals surface area contributed by atoms with Crippen LogP contribution in [0, 0.1) is 0 Å². The first-order valence-corrected chi connectivity index (χ1v) is 7.74. The highest BCUT2D eigenvalue weighted by Gasteiger charge is 2.16. The first kappa shape index (κ1) is 15.9. The molecule has 3 aromatic rings. The van der Waals surface area contributed by atoms with Gasteiger partial charge in [-0.05, 0) is 23.3 Å². The molecule has 4 nitrogen and oxygen atoms in total. The van der Waals surface area contributed by atoms with E-state index in [1.807, 2.05) is 60.7 Å². The highest BCUT2D eigenvalue weighted by atomic mass is 16.5. The van der Waals surface area contributed by atoms with Crippen molar-refractivity contribution in [1.29, 1.82) is 0 Å². The lowest BCUT2D eigenvalue weighted by Crippen LogP contribution is -2.20. The molecule has 120 valence electrons. The van der Waals surface area contributed by atoms with E-state index in [1.54, 1.807) is 24.5 Å². The van der Waals surface area contributed by atoms with Crippen molar-refractivity contribution in [2.24, 2.45) is 0 Å². The van der Waals surface area contributed by atoms with E-state index in [4.69, 9.17) is 4.74 Å². The number of rotatable bonds is 6. The maximum Gasteiger partial charge on any atom is 0.250 e. The molecule has 1 heterocycles. The average Bonchev–Trinajstić information content (AvgIpc) is 2.64. The first-order chi connectivity index (χ1) is 11.8. The fourth-order valence-corrected chi connectivity index (χ4v) is 2.43. The summed E-state index contributed by atoms with van der Waals surface area (Å²) in [6.45, 7) is -0.0310. The molecule has 0 spiro atoms. The molecule has 1 aromatic heterocycles. The second kappa shape index (κ2) is 8.04. The number of hydrogen-bond donors (Lipinski definition) is 1. The standard InChI is InChI=1S/C20H18N2O2/c23-19(22-18-11-13-21-14-12-18)15-24-20(16-7-3-1-4-8-16)17-9-5-2-6-10-17/h1-14,20H,15H2,(H,21,22,23). The topological polar surface area (TPSA) is 51.2 Å². The van der Waals surface area contributed by atoms with Crippen molar-refractivity contribution < 1.29 is 9.53 Å². The molecule has 0 atom stereocenters. The highest BCUT2D eigenvalue weighted by molar-refractivity contribution is 5.91. The monoisotopic (exact) mass is 318 g/mol. The lowest BCUT2D eigenvalue weighted by Gasteiger charge is -2.18. The maximum atomic E-state index is 12.1. The summed E-state index contributed by atoms with van der Waals surface area (Å²) >= 11 is 0. The van der Waals surface area contributed by atoms with Gasteiger partial charge in [0.05, 0.1) is 0 Å². The zero-order chi connectivity index (χ0) is 16.6. The van der Waals surface area contributed by atoms with Gasteiger partial charge in [-0.25, -0.2) is 0 Å². The number of hydrogen-bond acceptors (Lipinski definition) is 3. The molecule has 1 amide bonds. The summed E-state index contributed by atoms with van der Waals surface area (Å²) in [5, 5.41) is 2.80. The van der Waals surface area contributed by atoms with Crippen LogP contribution in [-0.4, -0.2) is 17.5 Å². The summed E-state index contributed by atoms with van der Waals surface area (Å²) in [6.07, 6.45) is 2.98. The van der Waals surface area contributed by atoms with E-state index in [9.17, 15) is 4.79 Å². The predicted octanol–water partition coefficient (Wildman–Crippen LogP) is 3.83. The molecule has 0 saturated carbocycles. The predicted molar refractivity (Wildman–Crippen MR) is 93.5 cm³/mol. The molecule has 3 rings (SSSR count). The number of nitrogens with one attached hydrogen (secondary N) is 1. The van der Waals surface area contributed by atoms with E-state index >= 15 is 0 Å². The molecule has 0 radical (unpaired) electrons. The molecule has 1 N–H and O–H groups in total. The minimum Gasteiger partial charge on any atom is -0.359 e. The second-order valence-electron chi connectivity index (χ2n) is 5.30. The van der Waals surface area contributed by atoms with E-state index in [1.165, 1.54) is 0 Å². The van der Waals surface area contributed by atoms with E-state index < -0.39 is 0 Å². The molecule has 0 aliphatic rings. The Bertz CT molecular complexity index is 722. The van der Waals surface area contributed by atoms with E-state index in [0.717, 1.165) is 11.1 Å². The Morgan fingerprint density at radius 2 is 1.42 bits per heavy atom. The number of aromatic nitrogens is 1. The quantitative estimate of drug-likeness (QED) is 0.751. The van der Waals surface area contributed by atoms with Gasteiger partial charge in [-0.15, -0.1) is 0 Å². The summed E-state index contributed by atoms with van der Waals surface area (Å²) in [5.74, 6) is -0.196. The van der Waals surface area contributed by atoms with E-state index in [0.29, 0.717) is 5.69 Å². The van der Waals surface area contributed by atoms with Crippen LogP contribution in [0.25, 0.3) is 0 Å². The smallest absolute Gasteiger partial charge is 0.250 e. The van der Waals surface area contributed by atoms with Crippen LogP contribution in [-0.2, 0) is 9.53 Å². The number of pyridine rings is 1. The average molecular weight is 318 g/mol. The number of carbonyl (C=O) groups excluding carboxylic acids is 1. The number of amides is 1. The minimum atomic E-state index is -0.282. The number of anilines is 1. The van der Waals surface area contributed by atoms with Crippen LogP contribution in [0.3, 0.4) is 0 Å². The third kappa shape index (κ3) is 4.27. The number of benzene rings is 2. The third-order valence-electron chi connectivity index (χ3n) is 3.55. The van der Waals surface area contributed by atoms with Gasteiger partial charge in [-0.2, -0.15) is 0 Å². The Morgan fingerprint density at radius 3 is 1.96 bits per heavy atom. The largest absolute Gasteiger partial charge is 0.359 e. The van der Waals surface area contributed by atoms with Crippen LogP contribution >= 0.6 is 0 Å². The summed E-state index contributed by atoms with van der Waals surface area (Å²) in [7, 11) is 0. The van der Waals surface area contributed by atoms with Crippen molar-refractivity contribution in [2.45, 2.75) is 6.10 Å². The fourth-order valence-electron chi connectivity index (χ4n) is 2.43. The Morgan fingerprint density at radius 1 is 0.875 bits per heavy atom. The molecule has 4 heteroatoms. The number of carbonyl (C=O) groups is 1. The summed E-state index contributed by atoms with van der Waals surface area (Å²) in [6, 6.07) is 23.2. The molecule has 0 aliphatic heterocycles. The third-order valence-corrected chi connectivity index (χ3v) is 3.55. The van der Waals surface area contributed by atoms with Crippen LogP contribution < -0.4 is 5.32 Å². The van der Waals surface area contributed by atoms with Crippen LogP contribution in [0.2, 0.25) is 0 Å². The van der Waals surface area contributed by atoms with Crippen LogP contribution in [0.4, 0.5) is 5.69 Å². The van der Waals surface area contributed by atoms with Crippen LogP contribution in [0.5, 0.6) is 0 Å². The molecular weight excluding hydrogens is 300 g/mol. The van der Waals surface area contributed by atoms with Gasteiger partial charge >= 0.3 is 0 Å². The summed E-state index contributed by atoms with van der Waals surface area (Å²) in [4.78, 5) is 16.0. The first-order valence-electron chi connectivity index (χ1n) is 7.74. The number of ether oxygens (including phenoxy) is 1. The zero-order valence-corrected chi connectivity index (χ0v) is 13.1. The zero-order valence-electron chi connectivity index (χ0n) is 13.1. The van der Waals surface area contributed by atoms with Crippen LogP contribution in [0.15, 0.2) is 85.2 Å². The Labute approximate surface area is 141 Å². The van der Waals surface area contributed by atoms with Gasteiger partial charge in [0.1, 0.15) is 12.7 Å². The van der Waals surface area contributed by atoms with Crippen molar-refractivity contribution in [3.05, 3.63) is 96.3 Å². The lowest BCUT2D eigenvalue weighted by molar-refractivity contribution is -0.121. The Hall–Kier alpha value is -2.98. The van der Waals surface area contributed by atoms with Crippen molar-refractivity contribution in [2.75, 3.05) is 11.9 Å². The van der Waals surface area contributed by atoms with Gasteiger partial charge in [-0.1, -0.05) is 60.7 Å². The summed E-state index contributed by atoms with van der Waals surface area (Å²) < 4.78 is 5.92.